The molecular formula is C12H21N5. The van der Waals surface area contributed by atoms with E-state index in [-0.39, 0.29) is 0 Å². The van der Waals surface area contributed by atoms with E-state index < -0.39 is 0 Å². The summed E-state index contributed by atoms with van der Waals surface area (Å²) in [5, 5.41) is 0. The van der Waals surface area contributed by atoms with Gasteiger partial charge >= 0.3 is 0 Å². The zero-order chi connectivity index (χ0) is 12.4. The second kappa shape index (κ2) is 4.87. The van der Waals surface area contributed by atoms with Crippen LogP contribution in [0.5, 0.6) is 0 Å². The number of aromatic nitrogens is 2. The van der Waals surface area contributed by atoms with Gasteiger partial charge in [-0.1, -0.05) is 6.92 Å². The number of hydrogen-bond donors (Lipinski definition) is 1. The van der Waals surface area contributed by atoms with E-state index in [0.29, 0.717) is 5.82 Å². The summed E-state index contributed by atoms with van der Waals surface area (Å²) in [4.78, 5) is 13.6. The molecule has 1 aromatic rings. The molecule has 5 heteroatoms. The van der Waals surface area contributed by atoms with E-state index in [1.54, 1.807) is 0 Å². The Morgan fingerprint density at radius 3 is 2.41 bits per heavy atom. The molecule has 0 spiro atoms. The van der Waals surface area contributed by atoms with Crippen LogP contribution in [0.3, 0.4) is 0 Å². The van der Waals surface area contributed by atoms with Gasteiger partial charge in [0.15, 0.2) is 0 Å². The van der Waals surface area contributed by atoms with Crippen LogP contribution >= 0.6 is 0 Å². The second-order valence-electron chi connectivity index (χ2n) is 4.62. The zero-order valence-corrected chi connectivity index (χ0v) is 10.9. The molecular weight excluding hydrogens is 214 g/mol. The van der Waals surface area contributed by atoms with E-state index in [4.69, 9.17) is 5.73 Å². The summed E-state index contributed by atoms with van der Waals surface area (Å²) in [5.74, 6) is 1.41. The van der Waals surface area contributed by atoms with E-state index in [9.17, 15) is 0 Å². The molecule has 1 aromatic heterocycles. The van der Waals surface area contributed by atoms with Crippen molar-refractivity contribution in [2.24, 2.45) is 0 Å². The third-order valence-electron chi connectivity index (χ3n) is 3.39. The van der Waals surface area contributed by atoms with E-state index >= 15 is 0 Å². The number of nitrogens with zero attached hydrogens (tertiary/aromatic N) is 4. The highest BCUT2D eigenvalue weighted by atomic mass is 15.3. The van der Waals surface area contributed by atoms with E-state index in [1.807, 2.05) is 6.92 Å². The Bertz CT molecular complexity index is 396. The minimum atomic E-state index is 0.616. The number of hydrogen-bond acceptors (Lipinski definition) is 5. The maximum Gasteiger partial charge on any atom is 0.227 e. The number of rotatable bonds is 2. The molecule has 2 heterocycles. The Hall–Kier alpha value is -1.36. The van der Waals surface area contributed by atoms with Crippen LogP contribution in [0, 0.1) is 6.92 Å². The maximum absolute atomic E-state index is 5.94. The first-order valence-corrected chi connectivity index (χ1v) is 6.18. The van der Waals surface area contributed by atoms with Crippen LogP contribution in [-0.2, 0) is 6.42 Å². The highest BCUT2D eigenvalue weighted by molar-refractivity contribution is 5.47. The van der Waals surface area contributed by atoms with E-state index in [2.05, 4.69) is 33.7 Å². The number of piperazine rings is 1. The fourth-order valence-electron chi connectivity index (χ4n) is 2.06. The van der Waals surface area contributed by atoms with Crippen molar-refractivity contribution in [3.8, 4) is 0 Å². The number of likely N-dealkylation sites (N-methyl/N-ethyl adjacent to an activating group) is 1. The van der Waals surface area contributed by atoms with Gasteiger partial charge in [0.05, 0.1) is 5.69 Å². The molecule has 0 unspecified atom stereocenters. The molecule has 2 N–H and O–H groups in total. The predicted octanol–water partition coefficient (Wildman–Crippen LogP) is 0.681. The molecule has 1 aliphatic rings. The van der Waals surface area contributed by atoms with Crippen molar-refractivity contribution in [3.63, 3.8) is 0 Å². The van der Waals surface area contributed by atoms with Crippen LogP contribution in [0.4, 0.5) is 11.8 Å². The van der Waals surface area contributed by atoms with Crippen LogP contribution in [0.1, 0.15) is 18.2 Å². The van der Waals surface area contributed by atoms with Gasteiger partial charge in [-0.05, 0) is 20.4 Å². The van der Waals surface area contributed by atoms with Gasteiger partial charge in [-0.15, -0.1) is 0 Å². The Morgan fingerprint density at radius 2 is 1.82 bits per heavy atom. The second-order valence-corrected chi connectivity index (χ2v) is 4.62. The van der Waals surface area contributed by atoms with Crippen molar-refractivity contribution in [2.75, 3.05) is 43.9 Å². The summed E-state index contributed by atoms with van der Waals surface area (Å²) in [6, 6.07) is 0. The summed E-state index contributed by atoms with van der Waals surface area (Å²) >= 11 is 0. The van der Waals surface area contributed by atoms with Crippen LogP contribution in [-0.4, -0.2) is 48.1 Å². The van der Waals surface area contributed by atoms with Crippen molar-refractivity contribution in [3.05, 3.63) is 11.3 Å². The maximum atomic E-state index is 5.94. The lowest BCUT2D eigenvalue weighted by atomic mass is 10.2. The molecule has 0 radical (unpaired) electrons. The van der Waals surface area contributed by atoms with Crippen LogP contribution < -0.4 is 10.6 Å². The third-order valence-corrected chi connectivity index (χ3v) is 3.39. The molecule has 5 nitrogen and oxygen atoms in total. The van der Waals surface area contributed by atoms with E-state index in [1.165, 1.54) is 0 Å². The molecule has 1 aliphatic heterocycles. The van der Waals surface area contributed by atoms with Crippen LogP contribution in [0.2, 0.25) is 0 Å². The Balaban J connectivity index is 2.24. The summed E-state index contributed by atoms with van der Waals surface area (Å²) in [5.41, 5.74) is 8.02. The first kappa shape index (κ1) is 12.1. The Kier molecular flexibility index (Phi) is 3.47. The van der Waals surface area contributed by atoms with Gasteiger partial charge in [-0.2, -0.15) is 4.98 Å². The molecule has 1 saturated heterocycles. The summed E-state index contributed by atoms with van der Waals surface area (Å²) < 4.78 is 0. The van der Waals surface area contributed by atoms with Gasteiger partial charge < -0.3 is 15.5 Å². The van der Waals surface area contributed by atoms with Crippen LogP contribution in [0.15, 0.2) is 0 Å². The smallest absolute Gasteiger partial charge is 0.227 e. The number of nitrogen functional groups attached to an aromatic ring is 1. The molecule has 0 aliphatic carbocycles. The highest BCUT2D eigenvalue weighted by Crippen LogP contribution is 2.18. The minimum Gasteiger partial charge on any atom is -0.383 e. The van der Waals surface area contributed by atoms with E-state index in [0.717, 1.165) is 49.8 Å². The molecule has 1 fully saturated rings. The molecule has 94 valence electrons. The quantitative estimate of drug-likeness (QED) is 0.817. The van der Waals surface area contributed by atoms with Gasteiger partial charge in [0, 0.05) is 31.7 Å². The molecule has 0 saturated carbocycles. The first-order chi connectivity index (χ1) is 8.11. The lowest BCUT2D eigenvalue weighted by Crippen LogP contribution is -2.45. The van der Waals surface area contributed by atoms with Gasteiger partial charge in [-0.25, -0.2) is 4.98 Å². The third kappa shape index (κ3) is 2.49. The van der Waals surface area contributed by atoms with Crippen molar-refractivity contribution >= 4 is 11.8 Å². The fourth-order valence-corrected chi connectivity index (χ4v) is 2.06. The van der Waals surface area contributed by atoms with Gasteiger partial charge in [0.2, 0.25) is 5.95 Å². The van der Waals surface area contributed by atoms with Crippen molar-refractivity contribution in [1.29, 1.82) is 0 Å². The molecule has 17 heavy (non-hydrogen) atoms. The number of nitrogens with two attached hydrogens (primary N) is 1. The number of aryl methyl sites for hydroxylation is 1. The lowest BCUT2D eigenvalue weighted by Gasteiger charge is -2.32. The van der Waals surface area contributed by atoms with Crippen LogP contribution in [0.25, 0.3) is 0 Å². The standard InChI is InChI=1S/C12H21N5/c1-4-10-9(2)11(13)15-12(14-10)17-7-5-16(3)6-8-17/h4-8H2,1-3H3,(H2,13,14,15). The molecule has 0 amide bonds. The lowest BCUT2D eigenvalue weighted by molar-refractivity contribution is 0.311. The average molecular weight is 235 g/mol. The minimum absolute atomic E-state index is 0.616. The Labute approximate surface area is 103 Å². The molecule has 0 atom stereocenters. The topological polar surface area (TPSA) is 58.3 Å². The fraction of sp³-hybridized carbons (Fsp3) is 0.667. The number of anilines is 2. The predicted molar refractivity (Wildman–Crippen MR) is 70.3 cm³/mol. The largest absolute Gasteiger partial charge is 0.383 e. The average Bonchev–Trinajstić information content (AvgIpc) is 2.33. The van der Waals surface area contributed by atoms with Gasteiger partial charge in [-0.3, -0.25) is 0 Å². The Morgan fingerprint density at radius 1 is 1.18 bits per heavy atom. The molecule has 0 bridgehead atoms. The highest BCUT2D eigenvalue weighted by Gasteiger charge is 2.18. The van der Waals surface area contributed by atoms with Crippen molar-refractivity contribution < 1.29 is 0 Å². The first-order valence-electron chi connectivity index (χ1n) is 6.18. The summed E-state index contributed by atoms with van der Waals surface area (Å²) in [6.45, 7) is 8.14. The summed E-state index contributed by atoms with van der Waals surface area (Å²) in [7, 11) is 2.14. The van der Waals surface area contributed by atoms with Crippen molar-refractivity contribution in [2.45, 2.75) is 20.3 Å². The summed E-state index contributed by atoms with van der Waals surface area (Å²) in [6.07, 6.45) is 0.902. The van der Waals surface area contributed by atoms with Gasteiger partial charge in [0.25, 0.3) is 0 Å². The molecule has 2 rings (SSSR count). The van der Waals surface area contributed by atoms with Gasteiger partial charge in [0.1, 0.15) is 5.82 Å². The monoisotopic (exact) mass is 235 g/mol. The van der Waals surface area contributed by atoms with Crippen molar-refractivity contribution in [1.82, 2.24) is 14.9 Å². The normalized spacial score (nSPS) is 17.5. The zero-order valence-electron chi connectivity index (χ0n) is 10.9. The molecule has 0 aromatic carbocycles. The SMILES string of the molecule is CCc1nc(N2CCN(C)CC2)nc(N)c1C.